The Morgan fingerprint density at radius 1 is 0.964 bits per heavy atom. The van der Waals surface area contributed by atoms with Crippen LogP contribution in [0.3, 0.4) is 0 Å². The van der Waals surface area contributed by atoms with E-state index in [1.165, 1.54) is 6.08 Å². The van der Waals surface area contributed by atoms with Crippen LogP contribution in [0.5, 0.6) is 5.75 Å². The van der Waals surface area contributed by atoms with Crippen molar-refractivity contribution >= 4 is 23.6 Å². The Kier molecular flexibility index (Phi) is 8.79. The molecule has 0 aliphatic heterocycles. The van der Waals surface area contributed by atoms with E-state index in [9.17, 15) is 9.59 Å². The second-order valence-corrected chi connectivity index (χ2v) is 6.28. The van der Waals surface area contributed by atoms with Gasteiger partial charge in [0.2, 0.25) is 5.91 Å². The monoisotopic (exact) mass is 381 g/mol. The fourth-order valence-corrected chi connectivity index (χ4v) is 2.39. The van der Waals surface area contributed by atoms with E-state index in [-0.39, 0.29) is 11.9 Å². The molecule has 2 rings (SSSR count). The van der Waals surface area contributed by atoms with Gasteiger partial charge in [-0.1, -0.05) is 38.5 Å². The van der Waals surface area contributed by atoms with Crippen molar-refractivity contribution in [3.05, 3.63) is 65.7 Å². The largest absolute Gasteiger partial charge is 0.493 e. The molecule has 0 spiro atoms. The number of ether oxygens (including phenoxy) is 2. The summed E-state index contributed by atoms with van der Waals surface area (Å²) in [5, 5.41) is 2.77. The first-order valence-electron chi connectivity index (χ1n) is 9.62. The highest BCUT2D eigenvalue weighted by Crippen LogP contribution is 2.20. The van der Waals surface area contributed by atoms with E-state index in [0.29, 0.717) is 24.5 Å². The highest BCUT2D eigenvalue weighted by Gasteiger charge is 2.07. The van der Waals surface area contributed by atoms with Crippen LogP contribution >= 0.6 is 0 Å². The molecule has 0 atom stereocenters. The Hall–Kier alpha value is -3.08. The zero-order chi connectivity index (χ0) is 20.2. The van der Waals surface area contributed by atoms with Crippen LogP contribution in [-0.4, -0.2) is 25.1 Å². The van der Waals surface area contributed by atoms with Crippen LogP contribution < -0.4 is 10.1 Å². The van der Waals surface area contributed by atoms with Crippen molar-refractivity contribution in [2.24, 2.45) is 0 Å². The zero-order valence-electron chi connectivity index (χ0n) is 16.4. The first-order chi connectivity index (χ1) is 13.6. The molecule has 0 fully saturated rings. The summed E-state index contributed by atoms with van der Waals surface area (Å²) in [5.74, 6) is 0.138. The van der Waals surface area contributed by atoms with Crippen molar-refractivity contribution in [3.8, 4) is 5.75 Å². The number of hydrogen-bond acceptors (Lipinski definition) is 4. The Balaban J connectivity index is 1.94. The van der Waals surface area contributed by atoms with E-state index < -0.39 is 0 Å². The third kappa shape index (κ3) is 6.91. The molecule has 2 aromatic rings. The standard InChI is InChI=1S/C23H27NO4/c1-3-5-17-27-21-9-7-6-8-18(21)12-15-22(25)24-20-13-10-19(11-14-20)23(26)28-16-4-2/h6-15H,3-5,16-17H2,1-2H3,(H,24,25). The third-order valence-electron chi connectivity index (χ3n) is 3.91. The molecule has 0 unspecified atom stereocenters. The molecule has 0 saturated carbocycles. The van der Waals surface area contributed by atoms with Gasteiger partial charge in [-0.15, -0.1) is 0 Å². The normalized spacial score (nSPS) is 10.6. The van der Waals surface area contributed by atoms with Gasteiger partial charge in [-0.3, -0.25) is 4.79 Å². The maximum absolute atomic E-state index is 12.2. The topological polar surface area (TPSA) is 64.6 Å². The van der Waals surface area contributed by atoms with Crippen molar-refractivity contribution < 1.29 is 19.1 Å². The molecule has 0 radical (unpaired) electrons. The zero-order valence-corrected chi connectivity index (χ0v) is 16.4. The molecule has 1 amide bonds. The van der Waals surface area contributed by atoms with Crippen LogP contribution in [-0.2, 0) is 9.53 Å². The minimum absolute atomic E-state index is 0.260. The summed E-state index contributed by atoms with van der Waals surface area (Å²) in [6.07, 6.45) is 6.02. The fraction of sp³-hybridized carbons (Fsp3) is 0.304. The molecular formula is C23H27NO4. The Morgan fingerprint density at radius 2 is 1.71 bits per heavy atom. The summed E-state index contributed by atoms with van der Waals surface area (Å²) < 4.78 is 10.8. The molecule has 0 bridgehead atoms. The summed E-state index contributed by atoms with van der Waals surface area (Å²) >= 11 is 0. The van der Waals surface area contributed by atoms with Crippen LogP contribution in [0.25, 0.3) is 6.08 Å². The number of anilines is 1. The van der Waals surface area contributed by atoms with Crippen molar-refractivity contribution in [3.63, 3.8) is 0 Å². The van der Waals surface area contributed by atoms with Gasteiger partial charge in [0, 0.05) is 17.3 Å². The van der Waals surface area contributed by atoms with E-state index >= 15 is 0 Å². The van der Waals surface area contributed by atoms with E-state index in [4.69, 9.17) is 9.47 Å². The lowest BCUT2D eigenvalue weighted by atomic mass is 10.2. The maximum atomic E-state index is 12.2. The molecule has 0 saturated heterocycles. The number of rotatable bonds is 10. The van der Waals surface area contributed by atoms with E-state index in [1.54, 1.807) is 30.3 Å². The van der Waals surface area contributed by atoms with Gasteiger partial charge in [0.15, 0.2) is 0 Å². The van der Waals surface area contributed by atoms with Gasteiger partial charge in [-0.25, -0.2) is 4.79 Å². The summed E-state index contributed by atoms with van der Waals surface area (Å²) in [7, 11) is 0. The second-order valence-electron chi connectivity index (χ2n) is 6.28. The number of benzene rings is 2. The SMILES string of the molecule is CCCCOc1ccccc1C=CC(=O)Nc1ccc(C(=O)OCCC)cc1. The third-order valence-corrected chi connectivity index (χ3v) is 3.91. The van der Waals surface area contributed by atoms with E-state index in [2.05, 4.69) is 12.2 Å². The minimum atomic E-state index is -0.362. The van der Waals surface area contributed by atoms with Crippen LogP contribution in [0.2, 0.25) is 0 Å². The first-order valence-corrected chi connectivity index (χ1v) is 9.62. The average Bonchev–Trinajstić information content (AvgIpc) is 2.72. The van der Waals surface area contributed by atoms with Gasteiger partial charge in [0.05, 0.1) is 18.8 Å². The molecule has 5 nitrogen and oxygen atoms in total. The lowest BCUT2D eigenvalue weighted by Crippen LogP contribution is -2.09. The Morgan fingerprint density at radius 3 is 2.43 bits per heavy atom. The van der Waals surface area contributed by atoms with Crippen molar-refractivity contribution in [1.82, 2.24) is 0 Å². The number of esters is 1. The number of carbonyl (C=O) groups excluding carboxylic acids is 2. The van der Waals surface area contributed by atoms with Gasteiger partial charge >= 0.3 is 5.97 Å². The number of amides is 1. The predicted molar refractivity (Wildman–Crippen MR) is 112 cm³/mol. The summed E-state index contributed by atoms with van der Waals surface area (Å²) in [6, 6.07) is 14.2. The molecule has 1 N–H and O–H groups in total. The van der Waals surface area contributed by atoms with Crippen molar-refractivity contribution in [2.45, 2.75) is 33.1 Å². The molecular weight excluding hydrogens is 354 g/mol. The van der Waals surface area contributed by atoms with Crippen LogP contribution in [0.4, 0.5) is 5.69 Å². The smallest absolute Gasteiger partial charge is 0.338 e. The van der Waals surface area contributed by atoms with Gasteiger partial charge in [0.25, 0.3) is 0 Å². The predicted octanol–water partition coefficient (Wildman–Crippen LogP) is 5.08. The highest BCUT2D eigenvalue weighted by molar-refractivity contribution is 6.02. The quantitative estimate of drug-likeness (QED) is 0.354. The summed E-state index contributed by atoms with van der Waals surface area (Å²) in [5.41, 5.74) is 1.91. The fourth-order valence-electron chi connectivity index (χ4n) is 2.39. The van der Waals surface area contributed by atoms with Crippen molar-refractivity contribution in [1.29, 1.82) is 0 Å². The van der Waals surface area contributed by atoms with Gasteiger partial charge in [-0.05, 0) is 49.2 Å². The van der Waals surface area contributed by atoms with Gasteiger partial charge in [-0.2, -0.15) is 0 Å². The molecule has 28 heavy (non-hydrogen) atoms. The molecule has 0 aromatic heterocycles. The van der Waals surface area contributed by atoms with E-state index in [1.807, 2.05) is 31.2 Å². The lowest BCUT2D eigenvalue weighted by molar-refractivity contribution is -0.111. The van der Waals surface area contributed by atoms with E-state index in [0.717, 1.165) is 30.6 Å². The molecule has 0 aliphatic rings. The van der Waals surface area contributed by atoms with Crippen LogP contribution in [0, 0.1) is 0 Å². The minimum Gasteiger partial charge on any atom is -0.493 e. The van der Waals surface area contributed by atoms with Crippen LogP contribution in [0.1, 0.15) is 49.0 Å². The lowest BCUT2D eigenvalue weighted by Gasteiger charge is -2.08. The van der Waals surface area contributed by atoms with Crippen molar-refractivity contribution in [2.75, 3.05) is 18.5 Å². The molecule has 5 heteroatoms. The second kappa shape index (κ2) is 11.6. The summed E-state index contributed by atoms with van der Waals surface area (Å²) in [6.45, 7) is 5.10. The number of carbonyl (C=O) groups is 2. The first kappa shape index (κ1) is 21.2. The Bertz CT molecular complexity index is 797. The number of nitrogens with one attached hydrogen (secondary N) is 1. The molecule has 0 heterocycles. The summed E-state index contributed by atoms with van der Waals surface area (Å²) in [4.78, 5) is 24.0. The molecule has 0 aliphatic carbocycles. The number of para-hydroxylation sites is 1. The molecule has 148 valence electrons. The van der Waals surface area contributed by atoms with Crippen LogP contribution in [0.15, 0.2) is 54.6 Å². The Labute approximate surface area is 166 Å². The molecule has 2 aromatic carbocycles. The van der Waals surface area contributed by atoms with Gasteiger partial charge < -0.3 is 14.8 Å². The average molecular weight is 381 g/mol. The number of hydrogen-bond donors (Lipinski definition) is 1. The number of unbranched alkanes of at least 4 members (excludes halogenated alkanes) is 1. The maximum Gasteiger partial charge on any atom is 0.338 e. The highest BCUT2D eigenvalue weighted by atomic mass is 16.5. The van der Waals surface area contributed by atoms with Gasteiger partial charge in [0.1, 0.15) is 5.75 Å².